The lowest BCUT2D eigenvalue weighted by atomic mass is 9.99. The summed E-state index contributed by atoms with van der Waals surface area (Å²) in [5, 5.41) is 22.3. The zero-order valence-corrected chi connectivity index (χ0v) is 75.8. The van der Waals surface area contributed by atoms with E-state index in [0.29, 0.717) is 133 Å². The number of aromatic nitrogens is 4. The molecule has 0 saturated carbocycles. The van der Waals surface area contributed by atoms with Gasteiger partial charge in [0.25, 0.3) is 39.6 Å². The number of aryl methyl sites for hydroxylation is 2. The predicted octanol–water partition coefficient (Wildman–Crippen LogP) is 12.3. The van der Waals surface area contributed by atoms with E-state index >= 15 is 0 Å². The number of ether oxygens (including phenoxy) is 6. The molecule has 6 aliphatic heterocycles. The number of nitrogens with zero attached hydrogens (tertiary/aromatic N) is 13. The molecule has 0 aliphatic carbocycles. The van der Waals surface area contributed by atoms with Gasteiger partial charge in [0.05, 0.1) is 90.0 Å². The summed E-state index contributed by atoms with van der Waals surface area (Å²) < 4.78 is 61.0. The second-order valence-corrected chi connectivity index (χ2v) is 35.2. The molecule has 5 amide bonds. The van der Waals surface area contributed by atoms with Crippen LogP contribution < -0.4 is 53.8 Å². The molecule has 15 rings (SSSR count). The maximum absolute atomic E-state index is 14.0. The van der Waals surface area contributed by atoms with Crippen molar-refractivity contribution in [2.75, 3.05) is 182 Å². The van der Waals surface area contributed by atoms with Crippen molar-refractivity contribution >= 4 is 68.0 Å². The van der Waals surface area contributed by atoms with Gasteiger partial charge in [-0.2, -0.15) is 15.3 Å². The summed E-state index contributed by atoms with van der Waals surface area (Å²) in [6.07, 6.45) is 6.80. The lowest BCUT2D eigenvalue weighted by molar-refractivity contribution is 0.0681. The highest BCUT2D eigenvalue weighted by molar-refractivity contribution is 7.91. The third-order valence-electron chi connectivity index (χ3n) is 25.1. The van der Waals surface area contributed by atoms with Crippen molar-refractivity contribution in [1.82, 2.24) is 64.7 Å². The molecule has 125 heavy (non-hydrogen) atoms. The van der Waals surface area contributed by atoms with Crippen LogP contribution in [0.5, 0.6) is 34.5 Å². The third-order valence-corrected chi connectivity index (χ3v) is 28.3. The van der Waals surface area contributed by atoms with Crippen LogP contribution in [0.15, 0.2) is 149 Å². The van der Waals surface area contributed by atoms with Gasteiger partial charge in [0, 0.05) is 181 Å². The van der Waals surface area contributed by atoms with Crippen molar-refractivity contribution in [3.63, 3.8) is 0 Å². The van der Waals surface area contributed by atoms with E-state index in [0.717, 1.165) is 171 Å². The Morgan fingerprint density at radius 2 is 0.864 bits per heavy atom. The average Bonchev–Trinajstić information content (AvgIpc) is 1.63. The maximum atomic E-state index is 14.0. The summed E-state index contributed by atoms with van der Waals surface area (Å²) in [5.74, 6) is 3.46. The number of aromatic amines is 1. The zero-order valence-electron chi connectivity index (χ0n) is 74.1. The van der Waals surface area contributed by atoms with Crippen LogP contribution in [-0.2, 0) is 29.7 Å². The van der Waals surface area contributed by atoms with Crippen LogP contribution >= 0.6 is 11.3 Å². The molecule has 6 aromatic carbocycles. The Labute approximate surface area is 738 Å². The second kappa shape index (κ2) is 42.6. The highest BCUT2D eigenvalue weighted by Gasteiger charge is 2.41. The number of carbonyl (C=O) groups excluding carboxylic acids is 5. The zero-order chi connectivity index (χ0) is 88.4. The fraction of sp³-hybridized carbons (Fsp3) is 0.447. The number of likely N-dealkylation sites (N-methyl/N-ethyl adjacent to an activating group) is 3. The van der Waals surface area contributed by atoms with Crippen molar-refractivity contribution < 1.29 is 60.8 Å². The van der Waals surface area contributed by atoms with Crippen molar-refractivity contribution in [1.29, 1.82) is 0 Å². The van der Waals surface area contributed by atoms with E-state index in [1.54, 1.807) is 73.3 Å². The number of nitrogens with one attached hydrogen (secondary N) is 3. The minimum Gasteiger partial charge on any atom is -0.493 e. The number of carbonyl (C=O) groups is 5. The number of hydrogen-bond acceptors (Lipinski definition) is 23. The lowest BCUT2D eigenvalue weighted by Crippen LogP contribution is -2.46. The Bertz CT molecular complexity index is 5290. The molecule has 0 radical (unpaired) electrons. The van der Waals surface area contributed by atoms with Crippen LogP contribution in [0.3, 0.4) is 0 Å². The van der Waals surface area contributed by atoms with Crippen LogP contribution in [0.1, 0.15) is 174 Å². The Morgan fingerprint density at radius 3 is 1.20 bits per heavy atom. The van der Waals surface area contributed by atoms with Gasteiger partial charge in [-0.15, -0.1) is 11.3 Å². The summed E-state index contributed by atoms with van der Waals surface area (Å²) in [6, 6.07) is 40.0. The van der Waals surface area contributed by atoms with E-state index in [2.05, 4.69) is 99.4 Å². The number of anilines is 3. The van der Waals surface area contributed by atoms with Crippen molar-refractivity contribution in [2.24, 2.45) is 0 Å². The largest absolute Gasteiger partial charge is 0.493 e. The molecule has 31 heteroatoms. The molecule has 6 aliphatic rings. The van der Waals surface area contributed by atoms with E-state index < -0.39 is 10.0 Å². The molecular weight excluding hydrogens is 1630 g/mol. The first-order chi connectivity index (χ1) is 60.7. The second-order valence-electron chi connectivity index (χ2n) is 32.0. The van der Waals surface area contributed by atoms with Gasteiger partial charge >= 0.3 is 0 Å². The average molecular weight is 1750 g/mol. The van der Waals surface area contributed by atoms with E-state index in [4.69, 9.17) is 28.4 Å². The molecule has 3 N–H and O–H groups in total. The molecule has 3 atom stereocenters. The highest BCUT2D eigenvalue weighted by Crippen LogP contribution is 2.45. The smallest absolute Gasteiger partial charge is 0.255 e. The fourth-order valence-corrected chi connectivity index (χ4v) is 20.4. The van der Waals surface area contributed by atoms with Crippen molar-refractivity contribution in [3.8, 4) is 34.5 Å². The van der Waals surface area contributed by atoms with E-state index in [1.165, 1.54) is 28.0 Å². The molecule has 3 fully saturated rings. The first kappa shape index (κ1) is 91.3. The molecule has 0 spiro atoms. The molecule has 0 bridgehead atoms. The number of sulfonamides is 1. The number of amides is 5. The first-order valence-corrected chi connectivity index (χ1v) is 45.7. The van der Waals surface area contributed by atoms with E-state index in [1.807, 2.05) is 120 Å². The van der Waals surface area contributed by atoms with E-state index in [-0.39, 0.29) is 47.7 Å². The van der Waals surface area contributed by atoms with Crippen LogP contribution in [0.25, 0.3) is 0 Å². The van der Waals surface area contributed by atoms with Gasteiger partial charge in [0.1, 0.15) is 4.21 Å². The van der Waals surface area contributed by atoms with Gasteiger partial charge in [-0.1, -0.05) is 63.2 Å². The molecular formula is C94H120N16O13S2. The monoisotopic (exact) mass is 1740 g/mol. The minimum absolute atomic E-state index is 0.00149. The number of H-pyrrole nitrogens is 1. The molecule has 29 nitrogen and oxygen atoms in total. The van der Waals surface area contributed by atoms with Crippen LogP contribution in [0.2, 0.25) is 0 Å². The quantitative estimate of drug-likeness (QED) is 0.0316. The lowest BCUT2D eigenvalue weighted by Gasteiger charge is -2.36. The SMILES string of the molecule is CCN1CCN(c2cccc3c2CN([C@H](CCCN(C)S(=O)(=O)c2cccs2)c2ccc(OC)c(OC)c2)C3=O)CC1.CCN1CCN(c2cccc3c2CN([C@H](CCCNC(=O)c2c(C)n[nH]c2C)c2ccc(OC)c(OC)c2)C3=O)CC1.CCN1CCN(c2cccc3c2CN([C@H](CCCNC(=O)c2ccnnc2)c2ccc(OC)c(OC)c2)C3=O)CC1. The molecule has 666 valence electrons. The Hall–Kier alpha value is -11.4. The first-order valence-electron chi connectivity index (χ1n) is 43.4. The summed E-state index contributed by atoms with van der Waals surface area (Å²) in [4.78, 5) is 87.6. The third kappa shape index (κ3) is 20.8. The molecule has 0 unspecified atom stereocenters. The van der Waals surface area contributed by atoms with Gasteiger partial charge in [-0.25, -0.2) is 12.7 Å². The van der Waals surface area contributed by atoms with Gasteiger partial charge in [-0.3, -0.25) is 29.1 Å². The van der Waals surface area contributed by atoms with Gasteiger partial charge in [0.2, 0.25) is 0 Å². The molecule has 3 aromatic heterocycles. The van der Waals surface area contributed by atoms with Crippen LogP contribution in [0, 0.1) is 13.8 Å². The number of benzene rings is 6. The molecule has 9 aromatic rings. The fourth-order valence-electron chi connectivity index (χ4n) is 17.9. The molecule has 9 heterocycles. The number of hydrogen-bond donors (Lipinski definition) is 3. The summed E-state index contributed by atoms with van der Waals surface area (Å²) >= 11 is 1.22. The maximum Gasteiger partial charge on any atom is 0.255 e. The predicted molar refractivity (Wildman–Crippen MR) is 485 cm³/mol. The normalized spacial score (nSPS) is 16.2. The number of thiophene rings is 1. The van der Waals surface area contributed by atoms with Gasteiger partial charge in [-0.05, 0) is 179 Å². The Kier molecular flexibility index (Phi) is 31.1. The Morgan fingerprint density at radius 1 is 0.480 bits per heavy atom. The molecule has 3 saturated heterocycles. The van der Waals surface area contributed by atoms with Crippen molar-refractivity contribution in [3.05, 3.63) is 218 Å². The number of rotatable bonds is 34. The Balaban J connectivity index is 0.000000161. The number of piperazine rings is 3. The highest BCUT2D eigenvalue weighted by atomic mass is 32.2. The van der Waals surface area contributed by atoms with Crippen LogP contribution in [-0.4, -0.2) is 260 Å². The minimum atomic E-state index is -3.55. The van der Waals surface area contributed by atoms with Crippen molar-refractivity contribution in [2.45, 2.75) is 115 Å². The summed E-state index contributed by atoms with van der Waals surface area (Å²) in [5.41, 5.74) is 14.3. The van der Waals surface area contributed by atoms with Gasteiger partial charge < -0.3 is 83.2 Å². The standard InChI is InChI=1S/C32H42N6O4.C31H38N6O4.C31H40N4O5S2/c1-6-36-15-17-37(18-16-36)27-10-7-9-24-25(27)20-38(32(24)40)26(23-12-13-28(41-4)29(19-23)42-5)11-8-14-33-31(39)30-21(2)34-35-22(30)3;1-4-35-15-17-36(18-16-35)27-8-5-7-24-25(27)21-37(31(24)39)26(22-10-11-28(40-2)29(19-22)41-3)9-6-13-32-30(38)23-12-14-33-34-20-23;1-5-33-16-18-34(19-17-33)27-10-6-9-24-25(27)22-35(31(24)36)26(23-13-14-28(39-3)29(21-23)40-4)11-7-15-32(2)42(37,38)30-12-8-20-41-30/h7,9-10,12-13,19,26H,6,8,11,14-18,20H2,1-5H3,(H,33,39)(H,34,35);5,7-8,10-12,14,19-20,26H,4,6,9,13,15-18,21H2,1-3H3,(H,32,38);6,8-10,12-14,20-21,26H,5,7,11,15-19,22H2,1-4H3/t3*26-/m111/s1. The topological polar surface area (TPSA) is 286 Å². The van der Waals surface area contributed by atoms with Gasteiger partial charge in [0.15, 0.2) is 34.5 Å². The number of fused-ring (bicyclic) bond motifs is 3. The van der Waals surface area contributed by atoms with Crippen LogP contribution in [0.4, 0.5) is 17.1 Å². The summed E-state index contributed by atoms with van der Waals surface area (Å²) in [7, 11) is 7.72. The summed E-state index contributed by atoms with van der Waals surface area (Å²) in [6.45, 7) is 28.0. The number of methoxy groups -OCH3 is 6. The van der Waals surface area contributed by atoms with E-state index in [9.17, 15) is 32.4 Å².